The van der Waals surface area contributed by atoms with Gasteiger partial charge < -0.3 is 5.32 Å². The minimum absolute atomic E-state index is 0.152. The van der Waals surface area contributed by atoms with E-state index in [1.165, 1.54) is 17.1 Å². The van der Waals surface area contributed by atoms with Crippen LogP contribution in [0, 0.1) is 6.92 Å². The van der Waals surface area contributed by atoms with E-state index in [0.29, 0.717) is 11.0 Å². The molecule has 0 aliphatic carbocycles. The summed E-state index contributed by atoms with van der Waals surface area (Å²) in [5.41, 5.74) is 2.88. The molecule has 0 bridgehead atoms. The molecule has 2 heterocycles. The number of hydrogen-bond donors (Lipinski definition) is 1. The number of nitrogens with zero attached hydrogens (tertiary/aromatic N) is 4. The first-order valence-electron chi connectivity index (χ1n) is 8.97. The molecule has 0 aliphatic rings. The summed E-state index contributed by atoms with van der Waals surface area (Å²) in [6.07, 6.45) is 3.16. The maximum atomic E-state index is 12.7. The van der Waals surface area contributed by atoms with Crippen molar-refractivity contribution in [2.75, 3.05) is 5.32 Å². The van der Waals surface area contributed by atoms with E-state index in [2.05, 4.69) is 15.4 Å². The Hall–Kier alpha value is -3.74. The molecule has 0 atom stereocenters. The number of carbonyl (C=O) groups is 1. The van der Waals surface area contributed by atoms with E-state index < -0.39 is 0 Å². The van der Waals surface area contributed by atoms with Gasteiger partial charge in [0, 0.05) is 18.7 Å². The molecule has 4 rings (SSSR count). The number of amides is 1. The van der Waals surface area contributed by atoms with Gasteiger partial charge in [0.05, 0.1) is 18.2 Å². The van der Waals surface area contributed by atoms with E-state index in [0.717, 1.165) is 16.9 Å². The fraction of sp³-hybridized carbons (Fsp3) is 0.143. The molecule has 0 radical (unpaired) electrons. The molecule has 28 heavy (non-hydrogen) atoms. The summed E-state index contributed by atoms with van der Waals surface area (Å²) in [5, 5.41) is 7.58. The maximum Gasteiger partial charge on any atom is 0.264 e. The van der Waals surface area contributed by atoms with Gasteiger partial charge in [0.25, 0.3) is 5.56 Å². The molecule has 1 N–H and O–H groups in total. The van der Waals surface area contributed by atoms with Gasteiger partial charge in [0.1, 0.15) is 5.39 Å². The number of fused-ring (bicyclic) bond motifs is 1. The van der Waals surface area contributed by atoms with Gasteiger partial charge in [-0.15, -0.1) is 0 Å². The predicted molar refractivity (Wildman–Crippen MR) is 108 cm³/mol. The molecule has 0 unspecified atom stereocenters. The van der Waals surface area contributed by atoms with Gasteiger partial charge in [0.2, 0.25) is 5.91 Å². The number of aryl methyl sites for hydroxylation is 2. The molecule has 2 aromatic heterocycles. The Balaban J connectivity index is 1.52. The number of hydrogen-bond acceptors (Lipinski definition) is 4. The highest BCUT2D eigenvalue weighted by Crippen LogP contribution is 2.14. The van der Waals surface area contributed by atoms with Crippen molar-refractivity contribution in [1.29, 1.82) is 0 Å². The van der Waals surface area contributed by atoms with Crippen LogP contribution >= 0.6 is 0 Å². The molecule has 0 spiro atoms. The molecule has 7 heteroatoms. The quantitative estimate of drug-likeness (QED) is 0.583. The Morgan fingerprint density at radius 3 is 2.61 bits per heavy atom. The summed E-state index contributed by atoms with van der Waals surface area (Å²) >= 11 is 0. The molecule has 0 fully saturated rings. The number of aromatic nitrogens is 4. The fourth-order valence-electron chi connectivity index (χ4n) is 3.01. The normalized spacial score (nSPS) is 10.9. The van der Waals surface area contributed by atoms with E-state index in [1.54, 1.807) is 4.68 Å². The summed E-state index contributed by atoms with van der Waals surface area (Å²) in [4.78, 5) is 29.4. The third kappa shape index (κ3) is 3.42. The average molecular weight is 373 g/mol. The Morgan fingerprint density at radius 2 is 1.82 bits per heavy atom. The maximum absolute atomic E-state index is 12.7. The van der Waals surface area contributed by atoms with Crippen LogP contribution in [-0.4, -0.2) is 25.2 Å². The van der Waals surface area contributed by atoms with Crippen LogP contribution in [0.5, 0.6) is 0 Å². The summed E-state index contributed by atoms with van der Waals surface area (Å²) in [7, 11) is 0. The van der Waals surface area contributed by atoms with E-state index >= 15 is 0 Å². The molecule has 7 nitrogen and oxygen atoms in total. The van der Waals surface area contributed by atoms with Gasteiger partial charge in [0.15, 0.2) is 5.65 Å². The fourth-order valence-corrected chi connectivity index (χ4v) is 3.01. The lowest BCUT2D eigenvalue weighted by Crippen LogP contribution is -2.23. The van der Waals surface area contributed by atoms with E-state index in [4.69, 9.17) is 0 Å². The predicted octanol–water partition coefficient (Wildman–Crippen LogP) is 2.92. The second-order valence-corrected chi connectivity index (χ2v) is 6.49. The number of nitrogens with one attached hydrogen (secondary N) is 1. The largest absolute Gasteiger partial charge is 0.326 e. The summed E-state index contributed by atoms with van der Waals surface area (Å²) in [6, 6.07) is 17.1. The van der Waals surface area contributed by atoms with Crippen molar-refractivity contribution >= 4 is 22.6 Å². The average Bonchev–Trinajstić information content (AvgIpc) is 3.15. The number of carbonyl (C=O) groups excluding carboxylic acids is 1. The topological polar surface area (TPSA) is 81.8 Å². The second kappa shape index (κ2) is 7.48. The molecular weight excluding hydrogens is 354 g/mol. The van der Waals surface area contributed by atoms with Crippen LogP contribution in [0.25, 0.3) is 16.7 Å². The molecule has 1 amide bonds. The first-order chi connectivity index (χ1) is 13.6. The molecule has 0 saturated heterocycles. The van der Waals surface area contributed by atoms with Gasteiger partial charge in [-0.3, -0.25) is 14.2 Å². The highest BCUT2D eigenvalue weighted by atomic mass is 16.2. The number of anilines is 1. The zero-order valence-corrected chi connectivity index (χ0v) is 15.4. The zero-order chi connectivity index (χ0) is 19.5. The van der Waals surface area contributed by atoms with E-state index in [9.17, 15) is 9.59 Å². The Bertz CT molecular complexity index is 1190. The lowest BCUT2D eigenvalue weighted by molar-refractivity contribution is -0.116. The van der Waals surface area contributed by atoms with Crippen molar-refractivity contribution in [3.63, 3.8) is 0 Å². The highest BCUT2D eigenvalue weighted by Gasteiger charge is 2.12. The van der Waals surface area contributed by atoms with Crippen molar-refractivity contribution in [2.45, 2.75) is 19.9 Å². The smallest absolute Gasteiger partial charge is 0.264 e. The summed E-state index contributed by atoms with van der Waals surface area (Å²) in [5.74, 6) is -0.152. The molecular formula is C21H19N5O2. The Labute approximate surface area is 161 Å². The van der Waals surface area contributed by atoms with Crippen LogP contribution in [0.15, 0.2) is 71.9 Å². The molecule has 0 saturated carbocycles. The van der Waals surface area contributed by atoms with Crippen LogP contribution in [0.3, 0.4) is 0 Å². The van der Waals surface area contributed by atoms with Crippen molar-refractivity contribution in [1.82, 2.24) is 19.3 Å². The Morgan fingerprint density at radius 1 is 1.07 bits per heavy atom. The highest BCUT2D eigenvalue weighted by molar-refractivity contribution is 5.91. The molecule has 0 aliphatic heterocycles. The van der Waals surface area contributed by atoms with E-state index in [-0.39, 0.29) is 24.4 Å². The second-order valence-electron chi connectivity index (χ2n) is 6.49. The summed E-state index contributed by atoms with van der Waals surface area (Å²) in [6.45, 7) is 2.18. The SMILES string of the molecule is Cc1ccccc1NC(=O)CCn1cnc2c(cnn2-c2ccccc2)c1=O. The third-order valence-corrected chi connectivity index (χ3v) is 4.55. The first kappa shape index (κ1) is 17.7. The van der Waals surface area contributed by atoms with Crippen molar-refractivity contribution in [3.05, 3.63) is 83.0 Å². The summed E-state index contributed by atoms with van der Waals surface area (Å²) < 4.78 is 3.07. The van der Waals surface area contributed by atoms with Crippen LogP contribution < -0.4 is 10.9 Å². The number of para-hydroxylation sites is 2. The van der Waals surface area contributed by atoms with Gasteiger partial charge >= 0.3 is 0 Å². The van der Waals surface area contributed by atoms with Gasteiger partial charge in [-0.05, 0) is 30.7 Å². The molecule has 140 valence electrons. The van der Waals surface area contributed by atoms with Crippen LogP contribution in [-0.2, 0) is 11.3 Å². The van der Waals surface area contributed by atoms with Gasteiger partial charge in [-0.1, -0.05) is 36.4 Å². The minimum atomic E-state index is -0.212. The molecule has 4 aromatic rings. The van der Waals surface area contributed by atoms with Gasteiger partial charge in [-0.25, -0.2) is 9.67 Å². The van der Waals surface area contributed by atoms with Crippen LogP contribution in [0.1, 0.15) is 12.0 Å². The standard InChI is InChI=1S/C21H19N5O2/c1-15-7-5-6-10-18(15)24-19(27)11-12-25-14-22-20-17(21(25)28)13-23-26(20)16-8-3-2-4-9-16/h2-10,13-14H,11-12H2,1H3,(H,24,27). The number of benzene rings is 2. The Kier molecular flexibility index (Phi) is 4.72. The lowest BCUT2D eigenvalue weighted by Gasteiger charge is -2.09. The van der Waals surface area contributed by atoms with Crippen LogP contribution in [0.2, 0.25) is 0 Å². The first-order valence-corrected chi connectivity index (χ1v) is 8.97. The van der Waals surface area contributed by atoms with Crippen molar-refractivity contribution in [3.8, 4) is 5.69 Å². The lowest BCUT2D eigenvalue weighted by atomic mass is 10.2. The third-order valence-electron chi connectivity index (χ3n) is 4.55. The van der Waals surface area contributed by atoms with Gasteiger partial charge in [-0.2, -0.15) is 5.10 Å². The van der Waals surface area contributed by atoms with Crippen molar-refractivity contribution < 1.29 is 4.79 Å². The number of rotatable bonds is 5. The monoisotopic (exact) mass is 373 g/mol. The zero-order valence-electron chi connectivity index (χ0n) is 15.4. The van der Waals surface area contributed by atoms with E-state index in [1.807, 2.05) is 61.5 Å². The van der Waals surface area contributed by atoms with Crippen LogP contribution in [0.4, 0.5) is 5.69 Å². The molecule has 2 aromatic carbocycles. The van der Waals surface area contributed by atoms with Crippen molar-refractivity contribution in [2.24, 2.45) is 0 Å². The minimum Gasteiger partial charge on any atom is -0.326 e.